The number of hydrogen-bond donors (Lipinski definition) is 1. The molecule has 1 aromatic carbocycles. The average molecular weight is 265 g/mol. The van der Waals surface area contributed by atoms with Gasteiger partial charge in [0, 0.05) is 35.8 Å². The van der Waals surface area contributed by atoms with E-state index in [1.54, 1.807) is 12.3 Å². The van der Waals surface area contributed by atoms with Gasteiger partial charge >= 0.3 is 0 Å². The van der Waals surface area contributed by atoms with Gasteiger partial charge in [-0.2, -0.15) is 0 Å². The molecule has 18 heavy (non-hydrogen) atoms. The Labute approximate surface area is 107 Å². The standard InChI is InChI=1S/C11H11N3O3S/c12-6-8-5-9(14(15)16)1-2-10(8)17-7-11-13-3-4-18-11/h1-5H,6-7,12H2. The number of thiazole rings is 1. The van der Waals surface area contributed by atoms with Crippen molar-refractivity contribution in [1.29, 1.82) is 0 Å². The molecule has 2 rings (SSSR count). The molecule has 0 aliphatic carbocycles. The van der Waals surface area contributed by atoms with Crippen LogP contribution in [0.4, 0.5) is 5.69 Å². The van der Waals surface area contributed by atoms with Gasteiger partial charge in [0.25, 0.3) is 5.69 Å². The lowest BCUT2D eigenvalue weighted by Crippen LogP contribution is -2.03. The van der Waals surface area contributed by atoms with E-state index in [-0.39, 0.29) is 12.2 Å². The summed E-state index contributed by atoms with van der Waals surface area (Å²) in [5, 5.41) is 13.3. The lowest BCUT2D eigenvalue weighted by atomic mass is 10.2. The number of nitro groups is 1. The molecule has 0 amide bonds. The monoisotopic (exact) mass is 265 g/mol. The number of nitrogens with two attached hydrogens (primary N) is 1. The van der Waals surface area contributed by atoms with E-state index >= 15 is 0 Å². The summed E-state index contributed by atoms with van der Waals surface area (Å²) >= 11 is 1.49. The minimum Gasteiger partial charge on any atom is -0.486 e. The first kappa shape index (κ1) is 12.5. The van der Waals surface area contributed by atoms with E-state index in [0.29, 0.717) is 17.9 Å². The second kappa shape index (κ2) is 5.56. The van der Waals surface area contributed by atoms with Gasteiger partial charge in [0.1, 0.15) is 17.4 Å². The van der Waals surface area contributed by atoms with E-state index < -0.39 is 4.92 Å². The summed E-state index contributed by atoms with van der Waals surface area (Å²) in [6.07, 6.45) is 1.70. The third-order valence-corrected chi connectivity index (χ3v) is 3.06. The van der Waals surface area contributed by atoms with E-state index in [1.165, 1.54) is 23.5 Å². The molecular weight excluding hydrogens is 254 g/mol. The number of hydrogen-bond acceptors (Lipinski definition) is 6. The van der Waals surface area contributed by atoms with Crippen molar-refractivity contribution in [3.05, 3.63) is 50.5 Å². The Hall–Kier alpha value is -1.99. The zero-order chi connectivity index (χ0) is 13.0. The molecule has 0 fully saturated rings. The molecule has 0 spiro atoms. The minimum absolute atomic E-state index is 0.0112. The maximum atomic E-state index is 10.6. The van der Waals surface area contributed by atoms with Gasteiger partial charge < -0.3 is 10.5 Å². The van der Waals surface area contributed by atoms with Crippen molar-refractivity contribution in [2.45, 2.75) is 13.2 Å². The fraction of sp³-hybridized carbons (Fsp3) is 0.182. The molecule has 0 saturated heterocycles. The van der Waals surface area contributed by atoms with Gasteiger partial charge in [0.05, 0.1) is 4.92 Å². The van der Waals surface area contributed by atoms with Gasteiger partial charge in [0.15, 0.2) is 0 Å². The normalized spacial score (nSPS) is 10.3. The summed E-state index contributed by atoms with van der Waals surface area (Å²) in [4.78, 5) is 14.3. The molecular formula is C11H11N3O3S. The number of ether oxygens (including phenoxy) is 1. The van der Waals surface area contributed by atoms with Crippen molar-refractivity contribution in [3.63, 3.8) is 0 Å². The van der Waals surface area contributed by atoms with E-state index in [9.17, 15) is 10.1 Å². The Kier molecular flexibility index (Phi) is 3.85. The number of non-ortho nitro benzene ring substituents is 1. The summed E-state index contributed by atoms with van der Waals surface area (Å²) < 4.78 is 5.55. The molecule has 0 bridgehead atoms. The highest BCUT2D eigenvalue weighted by Crippen LogP contribution is 2.24. The second-order valence-electron chi connectivity index (χ2n) is 3.47. The van der Waals surface area contributed by atoms with Gasteiger partial charge in [0.2, 0.25) is 0 Å². The number of nitrogens with zero attached hydrogens (tertiary/aromatic N) is 2. The highest BCUT2D eigenvalue weighted by atomic mass is 32.1. The highest BCUT2D eigenvalue weighted by Gasteiger charge is 2.11. The van der Waals surface area contributed by atoms with E-state index in [1.807, 2.05) is 5.38 Å². The van der Waals surface area contributed by atoms with Gasteiger partial charge in [-0.15, -0.1) is 11.3 Å². The third-order valence-electron chi connectivity index (χ3n) is 2.31. The highest BCUT2D eigenvalue weighted by molar-refractivity contribution is 7.09. The van der Waals surface area contributed by atoms with E-state index in [4.69, 9.17) is 10.5 Å². The summed E-state index contributed by atoms with van der Waals surface area (Å²) in [5.74, 6) is 0.554. The molecule has 0 radical (unpaired) electrons. The van der Waals surface area contributed by atoms with Crippen molar-refractivity contribution < 1.29 is 9.66 Å². The smallest absolute Gasteiger partial charge is 0.270 e. The largest absolute Gasteiger partial charge is 0.486 e. The molecule has 2 aromatic rings. The van der Waals surface area contributed by atoms with Crippen LogP contribution in [0.3, 0.4) is 0 Å². The van der Waals surface area contributed by atoms with Crippen LogP contribution in [0.25, 0.3) is 0 Å². The van der Waals surface area contributed by atoms with Crippen molar-refractivity contribution in [1.82, 2.24) is 4.98 Å². The van der Waals surface area contributed by atoms with Crippen LogP contribution in [0.15, 0.2) is 29.8 Å². The minimum atomic E-state index is -0.455. The molecule has 0 aliphatic rings. The fourth-order valence-electron chi connectivity index (χ4n) is 1.44. The number of rotatable bonds is 5. The predicted octanol–water partition coefficient (Wildman–Crippen LogP) is 2.09. The molecule has 0 saturated carbocycles. The molecule has 2 N–H and O–H groups in total. The SMILES string of the molecule is NCc1cc([N+](=O)[O-])ccc1OCc1nccs1. The summed E-state index contributed by atoms with van der Waals surface area (Å²) in [5.41, 5.74) is 6.18. The predicted molar refractivity (Wildman–Crippen MR) is 67.4 cm³/mol. The molecule has 0 unspecified atom stereocenters. The van der Waals surface area contributed by atoms with Crippen LogP contribution in [0, 0.1) is 10.1 Å². The first-order chi connectivity index (χ1) is 8.70. The first-order valence-corrected chi connectivity index (χ1v) is 6.07. The maximum Gasteiger partial charge on any atom is 0.270 e. The van der Waals surface area contributed by atoms with Crippen molar-refractivity contribution in [3.8, 4) is 5.75 Å². The van der Waals surface area contributed by atoms with Crippen LogP contribution in [-0.4, -0.2) is 9.91 Å². The fourth-order valence-corrected chi connectivity index (χ4v) is 1.97. The van der Waals surface area contributed by atoms with Crippen LogP contribution in [-0.2, 0) is 13.2 Å². The molecule has 1 aromatic heterocycles. The zero-order valence-corrected chi connectivity index (χ0v) is 10.2. The van der Waals surface area contributed by atoms with Gasteiger partial charge in [-0.25, -0.2) is 4.98 Å². The van der Waals surface area contributed by atoms with Crippen LogP contribution in [0.5, 0.6) is 5.75 Å². The summed E-state index contributed by atoms with van der Waals surface area (Å²) in [7, 11) is 0. The van der Waals surface area contributed by atoms with Gasteiger partial charge in [-0.05, 0) is 6.07 Å². The molecule has 0 atom stereocenters. The molecule has 7 heteroatoms. The lowest BCUT2D eigenvalue weighted by molar-refractivity contribution is -0.384. The van der Waals surface area contributed by atoms with Crippen molar-refractivity contribution in [2.75, 3.05) is 0 Å². The maximum absolute atomic E-state index is 10.6. The van der Waals surface area contributed by atoms with Crippen LogP contribution >= 0.6 is 11.3 Å². The quantitative estimate of drug-likeness (QED) is 0.660. The van der Waals surface area contributed by atoms with Gasteiger partial charge in [-0.3, -0.25) is 10.1 Å². The van der Waals surface area contributed by atoms with Crippen LogP contribution in [0.1, 0.15) is 10.6 Å². The van der Waals surface area contributed by atoms with Crippen molar-refractivity contribution >= 4 is 17.0 Å². The first-order valence-electron chi connectivity index (χ1n) is 5.19. The zero-order valence-electron chi connectivity index (χ0n) is 9.41. The lowest BCUT2D eigenvalue weighted by Gasteiger charge is -2.08. The second-order valence-corrected chi connectivity index (χ2v) is 4.45. The van der Waals surface area contributed by atoms with Crippen molar-refractivity contribution in [2.24, 2.45) is 5.73 Å². The summed E-state index contributed by atoms with van der Waals surface area (Å²) in [6, 6.07) is 4.39. The Balaban J connectivity index is 2.14. The molecule has 1 heterocycles. The van der Waals surface area contributed by atoms with E-state index in [2.05, 4.69) is 4.98 Å². The molecule has 94 valence electrons. The molecule has 0 aliphatic heterocycles. The van der Waals surface area contributed by atoms with Gasteiger partial charge in [-0.1, -0.05) is 0 Å². The number of benzene rings is 1. The van der Waals surface area contributed by atoms with E-state index in [0.717, 1.165) is 5.01 Å². The van der Waals surface area contributed by atoms with Crippen LogP contribution < -0.4 is 10.5 Å². The average Bonchev–Trinajstić information content (AvgIpc) is 2.89. The third kappa shape index (κ3) is 2.82. The number of nitro benzene ring substituents is 1. The Morgan fingerprint density at radius 1 is 1.50 bits per heavy atom. The Bertz CT molecular complexity index is 542. The topological polar surface area (TPSA) is 91.3 Å². The Morgan fingerprint density at radius 2 is 2.33 bits per heavy atom. The number of aromatic nitrogens is 1. The molecule has 6 nitrogen and oxygen atoms in total. The summed E-state index contributed by atoms with van der Waals surface area (Å²) in [6.45, 7) is 0.525. The van der Waals surface area contributed by atoms with Crippen LogP contribution in [0.2, 0.25) is 0 Å². The Morgan fingerprint density at radius 3 is 2.94 bits per heavy atom.